The number of β-amino-alcohol motifs (C(OH)–C–C–N with tert-alkyl or cyclic N) is 1. The summed E-state index contributed by atoms with van der Waals surface area (Å²) in [4.78, 5) is 46.5. The van der Waals surface area contributed by atoms with E-state index >= 15 is 0 Å². The molecular formula is C17H16FN5O4. The number of halogens is 1. The maximum atomic E-state index is 13.5. The van der Waals surface area contributed by atoms with Crippen molar-refractivity contribution >= 4 is 16.9 Å². The first-order valence-electron chi connectivity index (χ1n) is 8.28. The van der Waals surface area contributed by atoms with Crippen molar-refractivity contribution in [3.8, 4) is 0 Å². The number of amides is 1. The molecule has 9 nitrogen and oxygen atoms in total. The van der Waals surface area contributed by atoms with E-state index in [-0.39, 0.29) is 19.0 Å². The summed E-state index contributed by atoms with van der Waals surface area (Å²) in [6.45, 7) is 1.80. The molecule has 3 aromatic rings. The minimum atomic E-state index is -1.13. The first-order valence-corrected chi connectivity index (χ1v) is 8.28. The molecule has 2 aromatic heterocycles. The minimum Gasteiger partial charge on any atom is -0.389 e. The number of aliphatic hydroxyl groups is 1. The van der Waals surface area contributed by atoms with E-state index in [1.807, 2.05) is 11.9 Å². The average Bonchev–Trinajstić information content (AvgIpc) is 3.18. The highest BCUT2D eigenvalue weighted by Crippen LogP contribution is 2.23. The summed E-state index contributed by atoms with van der Waals surface area (Å²) in [6.07, 6.45) is -0.322. The Kier molecular flexibility index (Phi) is 3.92. The Bertz CT molecular complexity index is 1160. The molecule has 0 saturated carbocycles. The number of nitrogens with one attached hydrogen (secondary N) is 2. The Hall–Kier alpha value is -3.27. The van der Waals surface area contributed by atoms with E-state index in [9.17, 15) is 23.9 Å². The standard InChI is InChI=1S/C17H16FN5O4/c1-8-19-11-3-2-9(4-12(11)20-8)16(26)22-6-13(14(24)7-22)23-5-10(18)15(25)21-17(23)27/h2-5,13-14,24H,6-7H2,1H3,(H,19,20)(H,21,25,27)/t13-,14-/m1/s1. The topological polar surface area (TPSA) is 124 Å². The molecule has 2 atom stereocenters. The number of rotatable bonds is 2. The number of aliphatic hydroxyl groups excluding tert-OH is 1. The predicted molar refractivity (Wildman–Crippen MR) is 93.1 cm³/mol. The van der Waals surface area contributed by atoms with Crippen LogP contribution in [0.4, 0.5) is 4.39 Å². The number of fused-ring (bicyclic) bond motifs is 1. The van der Waals surface area contributed by atoms with Gasteiger partial charge in [-0.05, 0) is 25.1 Å². The molecule has 4 rings (SSSR count). The number of carbonyl (C=O) groups is 1. The third-order valence-corrected chi connectivity index (χ3v) is 4.68. The van der Waals surface area contributed by atoms with Crippen LogP contribution in [0.1, 0.15) is 22.2 Å². The zero-order chi connectivity index (χ0) is 19.3. The predicted octanol–water partition coefficient (Wildman–Crippen LogP) is -0.0816. The van der Waals surface area contributed by atoms with Crippen LogP contribution >= 0.6 is 0 Å². The highest BCUT2D eigenvalue weighted by atomic mass is 19.1. The zero-order valence-electron chi connectivity index (χ0n) is 14.3. The number of hydrogen-bond donors (Lipinski definition) is 3. The van der Waals surface area contributed by atoms with Crippen LogP contribution in [0.5, 0.6) is 0 Å². The Morgan fingerprint density at radius 3 is 2.85 bits per heavy atom. The van der Waals surface area contributed by atoms with Gasteiger partial charge in [0.2, 0.25) is 5.82 Å². The van der Waals surface area contributed by atoms with E-state index in [2.05, 4.69) is 9.97 Å². The zero-order valence-corrected chi connectivity index (χ0v) is 14.3. The lowest BCUT2D eigenvalue weighted by Gasteiger charge is -2.17. The summed E-state index contributed by atoms with van der Waals surface area (Å²) in [7, 11) is 0. The summed E-state index contributed by atoms with van der Waals surface area (Å²) < 4.78 is 14.4. The maximum Gasteiger partial charge on any atom is 0.328 e. The smallest absolute Gasteiger partial charge is 0.328 e. The highest BCUT2D eigenvalue weighted by Gasteiger charge is 2.36. The van der Waals surface area contributed by atoms with Gasteiger partial charge in [-0.3, -0.25) is 19.1 Å². The summed E-state index contributed by atoms with van der Waals surface area (Å²) in [6, 6.07) is 4.17. The van der Waals surface area contributed by atoms with Crippen LogP contribution in [0.25, 0.3) is 11.0 Å². The van der Waals surface area contributed by atoms with Gasteiger partial charge < -0.3 is 15.0 Å². The van der Waals surface area contributed by atoms with Gasteiger partial charge in [0, 0.05) is 18.7 Å². The molecule has 0 radical (unpaired) electrons. The number of aromatic amines is 2. The van der Waals surface area contributed by atoms with Crippen molar-refractivity contribution in [2.75, 3.05) is 13.1 Å². The van der Waals surface area contributed by atoms with Crippen LogP contribution in [0, 0.1) is 12.7 Å². The van der Waals surface area contributed by atoms with E-state index in [4.69, 9.17) is 0 Å². The molecule has 10 heteroatoms. The second-order valence-corrected chi connectivity index (χ2v) is 6.54. The Balaban J connectivity index is 1.62. The molecular weight excluding hydrogens is 357 g/mol. The maximum absolute atomic E-state index is 13.5. The SMILES string of the molecule is Cc1nc2ccc(C(=O)N3C[C@@H](O)[C@H](n4cc(F)c(=O)[nH]c4=O)C3)cc2[nH]1. The first kappa shape index (κ1) is 17.2. The molecule has 1 aliphatic heterocycles. The van der Waals surface area contributed by atoms with Crippen LogP contribution in [0.3, 0.4) is 0 Å². The molecule has 1 aromatic carbocycles. The van der Waals surface area contributed by atoms with Crippen LogP contribution < -0.4 is 11.2 Å². The number of imidazole rings is 1. The van der Waals surface area contributed by atoms with Gasteiger partial charge >= 0.3 is 5.69 Å². The van der Waals surface area contributed by atoms with E-state index in [0.29, 0.717) is 11.1 Å². The molecule has 0 bridgehead atoms. The van der Waals surface area contributed by atoms with Crippen molar-refractivity contribution in [3.05, 3.63) is 62.4 Å². The fourth-order valence-electron chi connectivity index (χ4n) is 3.37. The van der Waals surface area contributed by atoms with E-state index < -0.39 is 29.2 Å². The van der Waals surface area contributed by atoms with Crippen molar-refractivity contribution in [2.24, 2.45) is 0 Å². The van der Waals surface area contributed by atoms with Gasteiger partial charge in [0.15, 0.2) is 0 Å². The molecule has 0 unspecified atom stereocenters. The molecule has 1 fully saturated rings. The van der Waals surface area contributed by atoms with Gasteiger partial charge in [-0.15, -0.1) is 0 Å². The molecule has 140 valence electrons. The van der Waals surface area contributed by atoms with Gasteiger partial charge in [-0.1, -0.05) is 0 Å². The number of aromatic nitrogens is 4. The van der Waals surface area contributed by atoms with Crippen LogP contribution in [-0.4, -0.2) is 54.6 Å². The quantitative estimate of drug-likeness (QED) is 0.580. The van der Waals surface area contributed by atoms with Crippen LogP contribution in [0.2, 0.25) is 0 Å². The number of aryl methyl sites for hydroxylation is 1. The number of H-pyrrole nitrogens is 2. The molecule has 0 aliphatic carbocycles. The molecule has 1 saturated heterocycles. The number of carbonyl (C=O) groups excluding carboxylic acids is 1. The van der Waals surface area contributed by atoms with Gasteiger partial charge in [0.1, 0.15) is 5.82 Å². The molecule has 0 spiro atoms. The monoisotopic (exact) mass is 373 g/mol. The fourth-order valence-corrected chi connectivity index (χ4v) is 3.37. The van der Waals surface area contributed by atoms with Crippen LogP contribution in [0.15, 0.2) is 34.0 Å². The van der Waals surface area contributed by atoms with E-state index in [1.54, 1.807) is 18.2 Å². The van der Waals surface area contributed by atoms with Crippen LogP contribution in [-0.2, 0) is 0 Å². The Morgan fingerprint density at radius 1 is 1.30 bits per heavy atom. The number of hydrogen-bond acceptors (Lipinski definition) is 5. The Labute approximate surface area is 151 Å². The average molecular weight is 373 g/mol. The minimum absolute atomic E-state index is 0.00539. The van der Waals surface area contributed by atoms with Gasteiger partial charge in [-0.2, -0.15) is 4.39 Å². The van der Waals surface area contributed by atoms with Crippen molar-refractivity contribution in [1.29, 1.82) is 0 Å². The summed E-state index contributed by atoms with van der Waals surface area (Å²) in [5.74, 6) is -0.735. The Morgan fingerprint density at radius 2 is 2.07 bits per heavy atom. The molecule has 1 aliphatic rings. The van der Waals surface area contributed by atoms with E-state index in [1.165, 1.54) is 4.90 Å². The third kappa shape index (κ3) is 2.93. The number of likely N-dealkylation sites (tertiary alicyclic amines) is 1. The van der Waals surface area contributed by atoms with Crippen molar-refractivity contribution in [2.45, 2.75) is 19.1 Å². The molecule has 3 N–H and O–H groups in total. The summed E-state index contributed by atoms with van der Waals surface area (Å²) in [5, 5.41) is 10.3. The molecule has 27 heavy (non-hydrogen) atoms. The fraction of sp³-hybridized carbons (Fsp3) is 0.294. The number of benzene rings is 1. The van der Waals surface area contributed by atoms with Gasteiger partial charge in [0.25, 0.3) is 11.5 Å². The van der Waals surface area contributed by atoms with Crippen molar-refractivity contribution in [1.82, 2.24) is 24.4 Å². The van der Waals surface area contributed by atoms with Gasteiger partial charge in [0.05, 0.1) is 29.4 Å². The van der Waals surface area contributed by atoms with E-state index in [0.717, 1.165) is 22.1 Å². The third-order valence-electron chi connectivity index (χ3n) is 4.68. The first-order chi connectivity index (χ1) is 12.8. The normalized spacial score (nSPS) is 19.7. The van der Waals surface area contributed by atoms with Crippen molar-refractivity contribution in [3.63, 3.8) is 0 Å². The molecule has 3 heterocycles. The number of nitrogens with zero attached hydrogens (tertiary/aromatic N) is 3. The lowest BCUT2D eigenvalue weighted by Crippen LogP contribution is -2.37. The van der Waals surface area contributed by atoms with Gasteiger partial charge in [-0.25, -0.2) is 9.78 Å². The van der Waals surface area contributed by atoms with Crippen molar-refractivity contribution < 1.29 is 14.3 Å². The summed E-state index contributed by atoms with van der Waals surface area (Å²) >= 11 is 0. The lowest BCUT2D eigenvalue weighted by molar-refractivity contribution is 0.0765. The highest BCUT2D eigenvalue weighted by molar-refractivity contribution is 5.97. The largest absolute Gasteiger partial charge is 0.389 e. The summed E-state index contributed by atoms with van der Waals surface area (Å²) in [5.41, 5.74) is -0.111. The second-order valence-electron chi connectivity index (χ2n) is 6.54. The second kappa shape index (κ2) is 6.16. The lowest BCUT2D eigenvalue weighted by atomic mass is 10.2. The molecule has 1 amide bonds.